The molecule has 1 amide bonds. The van der Waals surface area contributed by atoms with E-state index in [1.165, 1.54) is 44.9 Å². The lowest BCUT2D eigenvalue weighted by atomic mass is 9.96. The van der Waals surface area contributed by atoms with E-state index in [1.54, 1.807) is 0 Å². The molecule has 128 valence electrons. The molecule has 0 aromatic carbocycles. The third kappa shape index (κ3) is 4.84. The number of hydrogen-bond donors (Lipinski definition) is 1. The summed E-state index contributed by atoms with van der Waals surface area (Å²) in [4.78, 5) is 17.2. The van der Waals surface area contributed by atoms with Crippen molar-refractivity contribution in [3.63, 3.8) is 0 Å². The average molecular weight is 330 g/mol. The zero-order valence-corrected chi connectivity index (χ0v) is 14.6. The summed E-state index contributed by atoms with van der Waals surface area (Å²) in [5.74, 6) is 1.09. The van der Waals surface area contributed by atoms with E-state index in [-0.39, 0.29) is 12.4 Å². The molecule has 4 nitrogen and oxygen atoms in total. The second-order valence-corrected chi connectivity index (χ2v) is 7.13. The van der Waals surface area contributed by atoms with Gasteiger partial charge in [-0.15, -0.1) is 12.4 Å². The highest BCUT2D eigenvalue weighted by molar-refractivity contribution is 5.85. The number of rotatable bonds is 3. The van der Waals surface area contributed by atoms with Crippen LogP contribution in [0.1, 0.15) is 51.4 Å². The van der Waals surface area contributed by atoms with Crippen LogP contribution in [-0.2, 0) is 4.79 Å². The SMILES string of the molecule is Cl.O=C(CC1CCCCCC1)N1CCN(C2CCNC2)CC1. The summed E-state index contributed by atoms with van der Waals surface area (Å²) in [6.07, 6.45) is 10.1. The molecule has 1 aliphatic carbocycles. The molecule has 22 heavy (non-hydrogen) atoms. The molecule has 1 N–H and O–H groups in total. The maximum absolute atomic E-state index is 12.5. The molecule has 2 saturated heterocycles. The molecule has 2 aliphatic heterocycles. The summed E-state index contributed by atoms with van der Waals surface area (Å²) in [5.41, 5.74) is 0. The highest BCUT2D eigenvalue weighted by atomic mass is 35.5. The maximum Gasteiger partial charge on any atom is 0.222 e. The Kier molecular flexibility index (Phi) is 7.45. The minimum atomic E-state index is 0. The molecular formula is C17H32ClN3O. The molecule has 1 unspecified atom stereocenters. The Balaban J connectivity index is 0.00000176. The van der Waals surface area contributed by atoms with Gasteiger partial charge in [-0.2, -0.15) is 0 Å². The van der Waals surface area contributed by atoms with E-state index in [1.807, 2.05) is 0 Å². The van der Waals surface area contributed by atoms with Gasteiger partial charge in [0.1, 0.15) is 0 Å². The van der Waals surface area contributed by atoms with Crippen LogP contribution >= 0.6 is 12.4 Å². The zero-order valence-electron chi connectivity index (χ0n) is 13.8. The van der Waals surface area contributed by atoms with Crippen LogP contribution in [0, 0.1) is 5.92 Å². The van der Waals surface area contributed by atoms with Gasteiger partial charge in [-0.1, -0.05) is 25.7 Å². The van der Waals surface area contributed by atoms with E-state index in [0.717, 1.165) is 45.7 Å². The van der Waals surface area contributed by atoms with E-state index >= 15 is 0 Å². The smallest absolute Gasteiger partial charge is 0.222 e. The molecule has 2 heterocycles. The van der Waals surface area contributed by atoms with Crippen molar-refractivity contribution in [1.29, 1.82) is 0 Å². The molecule has 0 bridgehead atoms. The standard InChI is InChI=1S/C17H31N3O.ClH/c21-17(13-15-5-3-1-2-4-6-15)20-11-9-19(10-12-20)16-7-8-18-14-16;/h15-16,18H,1-14H2;1H. The van der Waals surface area contributed by atoms with Crippen molar-refractivity contribution >= 4 is 18.3 Å². The molecule has 5 heteroatoms. The normalized spacial score (nSPS) is 28.2. The fourth-order valence-corrected chi connectivity index (χ4v) is 4.23. The molecule has 3 fully saturated rings. The van der Waals surface area contributed by atoms with Gasteiger partial charge in [0.15, 0.2) is 0 Å². The molecule has 0 aromatic heterocycles. The van der Waals surface area contributed by atoms with E-state index in [0.29, 0.717) is 17.9 Å². The minimum absolute atomic E-state index is 0. The Morgan fingerprint density at radius 3 is 2.23 bits per heavy atom. The fraction of sp³-hybridized carbons (Fsp3) is 0.941. The highest BCUT2D eigenvalue weighted by Crippen LogP contribution is 2.26. The first-order chi connectivity index (χ1) is 10.3. The van der Waals surface area contributed by atoms with Crippen molar-refractivity contribution in [3.05, 3.63) is 0 Å². The van der Waals surface area contributed by atoms with Gasteiger partial charge >= 0.3 is 0 Å². The monoisotopic (exact) mass is 329 g/mol. The summed E-state index contributed by atoms with van der Waals surface area (Å²) in [6, 6.07) is 0.712. The molecule has 0 spiro atoms. The topological polar surface area (TPSA) is 35.6 Å². The number of amides is 1. The Labute approximate surface area is 141 Å². The lowest BCUT2D eigenvalue weighted by molar-refractivity contribution is -0.134. The quantitative estimate of drug-likeness (QED) is 0.807. The van der Waals surface area contributed by atoms with Crippen molar-refractivity contribution in [2.24, 2.45) is 5.92 Å². The van der Waals surface area contributed by atoms with Crippen molar-refractivity contribution in [1.82, 2.24) is 15.1 Å². The second-order valence-electron chi connectivity index (χ2n) is 7.13. The third-order valence-electron chi connectivity index (χ3n) is 5.66. The zero-order chi connectivity index (χ0) is 14.5. The average Bonchev–Trinajstić information content (AvgIpc) is 2.93. The van der Waals surface area contributed by atoms with Gasteiger partial charge in [-0.3, -0.25) is 9.69 Å². The number of carbonyl (C=O) groups is 1. The first-order valence-electron chi connectivity index (χ1n) is 9.05. The van der Waals surface area contributed by atoms with Crippen LogP contribution in [-0.4, -0.2) is 61.0 Å². The Bertz CT molecular complexity index is 331. The van der Waals surface area contributed by atoms with Crippen molar-refractivity contribution in [3.8, 4) is 0 Å². The van der Waals surface area contributed by atoms with Crippen molar-refractivity contribution < 1.29 is 4.79 Å². The predicted molar refractivity (Wildman–Crippen MR) is 92.5 cm³/mol. The van der Waals surface area contributed by atoms with Crippen LogP contribution < -0.4 is 5.32 Å². The summed E-state index contributed by atoms with van der Waals surface area (Å²) in [5, 5.41) is 3.44. The summed E-state index contributed by atoms with van der Waals surface area (Å²) in [7, 11) is 0. The molecule has 1 atom stereocenters. The predicted octanol–water partition coefficient (Wildman–Crippen LogP) is 2.27. The molecule has 3 aliphatic rings. The minimum Gasteiger partial charge on any atom is -0.340 e. The van der Waals surface area contributed by atoms with Gasteiger partial charge < -0.3 is 10.2 Å². The fourth-order valence-electron chi connectivity index (χ4n) is 4.23. The lowest BCUT2D eigenvalue weighted by Gasteiger charge is -2.38. The summed E-state index contributed by atoms with van der Waals surface area (Å²) < 4.78 is 0. The van der Waals surface area contributed by atoms with Gasteiger partial charge in [-0.05, 0) is 31.7 Å². The Morgan fingerprint density at radius 2 is 1.64 bits per heavy atom. The Hall–Kier alpha value is -0.320. The van der Waals surface area contributed by atoms with E-state index in [4.69, 9.17) is 0 Å². The number of nitrogens with zero attached hydrogens (tertiary/aromatic N) is 2. The number of nitrogens with one attached hydrogen (secondary N) is 1. The molecule has 3 rings (SSSR count). The molecule has 1 saturated carbocycles. The first-order valence-corrected chi connectivity index (χ1v) is 9.05. The van der Waals surface area contributed by atoms with Crippen LogP contribution in [0.3, 0.4) is 0 Å². The van der Waals surface area contributed by atoms with Gasteiger partial charge in [0, 0.05) is 45.2 Å². The van der Waals surface area contributed by atoms with Crippen molar-refractivity contribution in [2.75, 3.05) is 39.3 Å². The number of halogens is 1. The Morgan fingerprint density at radius 1 is 0.955 bits per heavy atom. The lowest BCUT2D eigenvalue weighted by Crippen LogP contribution is -2.52. The van der Waals surface area contributed by atoms with E-state index in [9.17, 15) is 4.79 Å². The molecular weight excluding hydrogens is 298 g/mol. The van der Waals surface area contributed by atoms with Crippen LogP contribution in [0.25, 0.3) is 0 Å². The largest absolute Gasteiger partial charge is 0.340 e. The van der Waals surface area contributed by atoms with Crippen molar-refractivity contribution in [2.45, 2.75) is 57.4 Å². The van der Waals surface area contributed by atoms with E-state index in [2.05, 4.69) is 15.1 Å². The van der Waals surface area contributed by atoms with Gasteiger partial charge in [0.25, 0.3) is 0 Å². The maximum atomic E-state index is 12.5. The van der Waals surface area contributed by atoms with Crippen LogP contribution in [0.2, 0.25) is 0 Å². The van der Waals surface area contributed by atoms with Gasteiger partial charge in [0.2, 0.25) is 5.91 Å². The van der Waals surface area contributed by atoms with E-state index < -0.39 is 0 Å². The molecule has 0 aromatic rings. The van der Waals surface area contributed by atoms with Crippen LogP contribution in [0.15, 0.2) is 0 Å². The van der Waals surface area contributed by atoms with Gasteiger partial charge in [0.05, 0.1) is 0 Å². The molecule has 0 radical (unpaired) electrons. The summed E-state index contributed by atoms with van der Waals surface area (Å²) in [6.45, 7) is 6.33. The summed E-state index contributed by atoms with van der Waals surface area (Å²) >= 11 is 0. The number of piperazine rings is 1. The van der Waals surface area contributed by atoms with Gasteiger partial charge in [-0.25, -0.2) is 0 Å². The number of hydrogen-bond acceptors (Lipinski definition) is 3. The second kappa shape index (κ2) is 9.09. The van der Waals surface area contributed by atoms with Crippen LogP contribution in [0.4, 0.5) is 0 Å². The highest BCUT2D eigenvalue weighted by Gasteiger charge is 2.28. The van der Waals surface area contributed by atoms with Crippen LogP contribution in [0.5, 0.6) is 0 Å². The number of carbonyl (C=O) groups excluding carboxylic acids is 1. The first kappa shape index (κ1) is 18.0. The third-order valence-corrected chi connectivity index (χ3v) is 5.66.